The number of thiol groups is 1. The fraction of sp³-hybridized carbons (Fsp3) is 0.909. The van der Waals surface area contributed by atoms with E-state index in [9.17, 15) is 4.79 Å². The lowest BCUT2D eigenvalue weighted by Crippen LogP contribution is -2.39. The zero-order valence-corrected chi connectivity index (χ0v) is 11.6. The van der Waals surface area contributed by atoms with Crippen molar-refractivity contribution in [3.05, 3.63) is 0 Å². The van der Waals surface area contributed by atoms with Crippen LogP contribution in [0.3, 0.4) is 0 Å². The molecule has 0 aromatic carbocycles. The van der Waals surface area contributed by atoms with E-state index in [0.717, 1.165) is 13.1 Å². The van der Waals surface area contributed by atoms with Crippen LogP contribution in [0.15, 0.2) is 0 Å². The number of ether oxygens (including phenoxy) is 1. The summed E-state index contributed by atoms with van der Waals surface area (Å²) in [5.74, 6) is 0.271. The SMILES string of the molecule is COCCN(C)CCNC(=O)C(S)C(C)C. The molecule has 0 aliphatic rings. The van der Waals surface area contributed by atoms with E-state index in [2.05, 4.69) is 22.8 Å². The van der Waals surface area contributed by atoms with Crippen LogP contribution in [0.25, 0.3) is 0 Å². The van der Waals surface area contributed by atoms with E-state index in [-0.39, 0.29) is 17.1 Å². The van der Waals surface area contributed by atoms with Crippen molar-refractivity contribution in [2.75, 3.05) is 40.4 Å². The lowest BCUT2D eigenvalue weighted by Gasteiger charge is -2.18. The minimum absolute atomic E-state index is 0.0125. The second-order valence-corrected chi connectivity index (χ2v) is 4.83. The second-order valence-electron chi connectivity index (χ2n) is 4.28. The van der Waals surface area contributed by atoms with Crippen molar-refractivity contribution in [2.24, 2.45) is 5.92 Å². The van der Waals surface area contributed by atoms with Gasteiger partial charge in [-0.25, -0.2) is 0 Å². The van der Waals surface area contributed by atoms with Gasteiger partial charge in [-0.3, -0.25) is 4.79 Å². The number of methoxy groups -OCH3 is 1. The smallest absolute Gasteiger partial charge is 0.233 e. The highest BCUT2D eigenvalue weighted by molar-refractivity contribution is 7.81. The molecule has 0 spiro atoms. The molecule has 5 heteroatoms. The molecule has 0 aliphatic carbocycles. The number of nitrogens with one attached hydrogen (secondary N) is 1. The predicted octanol–water partition coefficient (Wildman–Crippen LogP) is 0.635. The third-order valence-corrected chi connectivity index (χ3v) is 3.20. The molecule has 0 aliphatic heterocycles. The predicted molar refractivity (Wildman–Crippen MR) is 70.0 cm³/mol. The summed E-state index contributed by atoms with van der Waals surface area (Å²) in [6.07, 6.45) is 0. The first-order chi connectivity index (χ1) is 7.49. The van der Waals surface area contributed by atoms with E-state index >= 15 is 0 Å². The Balaban J connectivity index is 3.61. The maximum Gasteiger partial charge on any atom is 0.233 e. The van der Waals surface area contributed by atoms with Gasteiger partial charge in [-0.2, -0.15) is 12.6 Å². The third-order valence-electron chi connectivity index (χ3n) is 2.37. The van der Waals surface area contributed by atoms with Gasteiger partial charge in [-0.1, -0.05) is 13.8 Å². The number of amides is 1. The van der Waals surface area contributed by atoms with Crippen LogP contribution in [0.1, 0.15) is 13.8 Å². The van der Waals surface area contributed by atoms with Gasteiger partial charge in [0.15, 0.2) is 0 Å². The zero-order valence-electron chi connectivity index (χ0n) is 10.7. The number of rotatable bonds is 8. The largest absolute Gasteiger partial charge is 0.383 e. The molecule has 0 saturated heterocycles. The molecule has 1 N–H and O–H groups in total. The minimum atomic E-state index is -0.218. The normalized spacial score (nSPS) is 13.2. The van der Waals surface area contributed by atoms with Crippen molar-refractivity contribution in [2.45, 2.75) is 19.1 Å². The Labute approximate surface area is 104 Å². The van der Waals surface area contributed by atoms with Crippen molar-refractivity contribution in [3.8, 4) is 0 Å². The van der Waals surface area contributed by atoms with Crippen LogP contribution in [-0.2, 0) is 9.53 Å². The summed E-state index contributed by atoms with van der Waals surface area (Å²) in [7, 11) is 3.69. The molecular formula is C11H24N2O2S. The van der Waals surface area contributed by atoms with Gasteiger partial charge in [-0.05, 0) is 13.0 Å². The molecule has 0 rings (SSSR count). The maximum atomic E-state index is 11.5. The van der Waals surface area contributed by atoms with Gasteiger partial charge in [0.1, 0.15) is 0 Å². The Morgan fingerprint density at radius 3 is 2.56 bits per heavy atom. The molecular weight excluding hydrogens is 224 g/mol. The standard InChI is InChI=1S/C11H24N2O2S/c1-9(2)10(16)11(14)12-5-6-13(3)7-8-15-4/h9-10,16H,5-8H2,1-4H3,(H,12,14). The van der Waals surface area contributed by atoms with Gasteiger partial charge >= 0.3 is 0 Å². The van der Waals surface area contributed by atoms with Crippen LogP contribution in [0.2, 0.25) is 0 Å². The van der Waals surface area contributed by atoms with Crippen molar-refractivity contribution in [1.82, 2.24) is 10.2 Å². The third kappa shape index (κ3) is 7.09. The molecule has 0 saturated carbocycles. The van der Waals surface area contributed by atoms with Crippen LogP contribution >= 0.6 is 12.6 Å². The van der Waals surface area contributed by atoms with Crippen molar-refractivity contribution < 1.29 is 9.53 Å². The highest BCUT2D eigenvalue weighted by Crippen LogP contribution is 2.07. The monoisotopic (exact) mass is 248 g/mol. The second kappa shape index (κ2) is 8.84. The first kappa shape index (κ1) is 15.7. The highest BCUT2D eigenvalue weighted by Gasteiger charge is 2.16. The summed E-state index contributed by atoms with van der Waals surface area (Å²) in [6, 6.07) is 0. The summed E-state index contributed by atoms with van der Waals surface area (Å²) in [5, 5.41) is 2.66. The molecule has 1 unspecified atom stereocenters. The number of carbonyl (C=O) groups is 1. The Hall–Kier alpha value is -0.260. The quantitative estimate of drug-likeness (QED) is 0.619. The van der Waals surface area contributed by atoms with Crippen LogP contribution in [0.5, 0.6) is 0 Å². The van der Waals surface area contributed by atoms with E-state index in [1.165, 1.54) is 0 Å². The number of nitrogens with zero attached hydrogens (tertiary/aromatic N) is 1. The molecule has 96 valence electrons. The van der Waals surface area contributed by atoms with Crippen LogP contribution in [-0.4, -0.2) is 56.5 Å². The molecule has 0 bridgehead atoms. The highest BCUT2D eigenvalue weighted by atomic mass is 32.1. The Morgan fingerprint density at radius 1 is 1.44 bits per heavy atom. The molecule has 16 heavy (non-hydrogen) atoms. The van der Waals surface area contributed by atoms with Crippen LogP contribution < -0.4 is 5.32 Å². The summed E-state index contributed by atoms with van der Waals surface area (Å²) in [6.45, 7) is 7.05. The maximum absolute atomic E-state index is 11.5. The van der Waals surface area contributed by atoms with E-state index < -0.39 is 0 Å². The van der Waals surface area contributed by atoms with Crippen LogP contribution in [0.4, 0.5) is 0 Å². The van der Waals surface area contributed by atoms with Crippen molar-refractivity contribution in [1.29, 1.82) is 0 Å². The van der Waals surface area contributed by atoms with Crippen molar-refractivity contribution in [3.63, 3.8) is 0 Å². The molecule has 0 fully saturated rings. The lowest BCUT2D eigenvalue weighted by molar-refractivity contribution is -0.121. The molecule has 0 aromatic rings. The number of carbonyl (C=O) groups excluding carboxylic acids is 1. The summed E-state index contributed by atoms with van der Waals surface area (Å²) < 4.78 is 4.97. The first-order valence-corrected chi connectivity index (χ1v) is 6.14. The van der Waals surface area contributed by atoms with E-state index in [1.54, 1.807) is 7.11 Å². The first-order valence-electron chi connectivity index (χ1n) is 5.62. The van der Waals surface area contributed by atoms with E-state index in [1.807, 2.05) is 20.9 Å². The molecule has 4 nitrogen and oxygen atoms in total. The molecule has 0 heterocycles. The molecule has 0 radical (unpaired) electrons. The van der Waals surface area contributed by atoms with Crippen molar-refractivity contribution >= 4 is 18.5 Å². The molecule has 1 atom stereocenters. The fourth-order valence-electron chi connectivity index (χ4n) is 1.14. The summed E-state index contributed by atoms with van der Waals surface area (Å²) in [5.41, 5.74) is 0. The number of hydrogen-bond donors (Lipinski definition) is 2. The number of likely N-dealkylation sites (N-methyl/N-ethyl adjacent to an activating group) is 1. The zero-order chi connectivity index (χ0) is 12.6. The van der Waals surface area contributed by atoms with Gasteiger partial charge in [-0.15, -0.1) is 0 Å². The Bertz CT molecular complexity index is 200. The molecule has 0 aromatic heterocycles. The van der Waals surface area contributed by atoms with E-state index in [4.69, 9.17) is 4.74 Å². The average molecular weight is 248 g/mol. The van der Waals surface area contributed by atoms with E-state index in [0.29, 0.717) is 13.2 Å². The van der Waals surface area contributed by atoms with Gasteiger partial charge in [0.05, 0.1) is 11.9 Å². The van der Waals surface area contributed by atoms with Gasteiger partial charge < -0.3 is 15.0 Å². The van der Waals surface area contributed by atoms with Gasteiger partial charge in [0.2, 0.25) is 5.91 Å². The Kier molecular flexibility index (Phi) is 8.70. The summed E-state index contributed by atoms with van der Waals surface area (Å²) >= 11 is 4.26. The van der Waals surface area contributed by atoms with Gasteiger partial charge in [0, 0.05) is 26.7 Å². The lowest BCUT2D eigenvalue weighted by atomic mass is 10.1. The topological polar surface area (TPSA) is 41.6 Å². The van der Waals surface area contributed by atoms with Gasteiger partial charge in [0.25, 0.3) is 0 Å². The fourth-order valence-corrected chi connectivity index (χ4v) is 1.23. The van der Waals surface area contributed by atoms with Crippen LogP contribution in [0, 0.1) is 5.92 Å². The summed E-state index contributed by atoms with van der Waals surface area (Å²) in [4.78, 5) is 13.7. The Morgan fingerprint density at radius 2 is 2.06 bits per heavy atom. The minimum Gasteiger partial charge on any atom is -0.383 e. The molecule has 1 amide bonds. The average Bonchev–Trinajstić information content (AvgIpc) is 2.24. The number of hydrogen-bond acceptors (Lipinski definition) is 4.